The lowest BCUT2D eigenvalue weighted by molar-refractivity contribution is -0.114. The predicted molar refractivity (Wildman–Crippen MR) is 90.6 cm³/mol. The first-order valence-corrected chi connectivity index (χ1v) is 8.00. The summed E-state index contributed by atoms with van der Waals surface area (Å²) in [5.41, 5.74) is 2.21. The summed E-state index contributed by atoms with van der Waals surface area (Å²) in [5, 5.41) is 0. The van der Waals surface area contributed by atoms with Gasteiger partial charge in [0, 0.05) is 18.1 Å². The number of rotatable bonds is 4. The second kappa shape index (κ2) is 7.14. The van der Waals surface area contributed by atoms with Crippen LogP contribution in [0.2, 0.25) is 0 Å². The summed E-state index contributed by atoms with van der Waals surface area (Å²) >= 11 is 0. The SMILES string of the molecule is CCOc1ccc(OC2=CC(=O)CCCc3ccccc32)cc1. The summed E-state index contributed by atoms with van der Waals surface area (Å²) in [6, 6.07) is 15.6. The molecule has 1 aliphatic carbocycles. The van der Waals surface area contributed by atoms with Crippen LogP contribution >= 0.6 is 0 Å². The van der Waals surface area contributed by atoms with Gasteiger partial charge in [-0.25, -0.2) is 0 Å². The molecule has 0 unspecified atom stereocenters. The molecular weight excluding hydrogens is 288 g/mol. The Morgan fingerprint density at radius 2 is 1.70 bits per heavy atom. The van der Waals surface area contributed by atoms with E-state index in [1.165, 1.54) is 5.56 Å². The van der Waals surface area contributed by atoms with Crippen LogP contribution in [0.15, 0.2) is 54.6 Å². The molecule has 2 aromatic carbocycles. The van der Waals surface area contributed by atoms with Crippen molar-refractivity contribution in [1.29, 1.82) is 0 Å². The molecule has 0 amide bonds. The van der Waals surface area contributed by atoms with Crippen LogP contribution in [0.3, 0.4) is 0 Å². The van der Waals surface area contributed by atoms with Gasteiger partial charge in [0.1, 0.15) is 17.3 Å². The fourth-order valence-electron chi connectivity index (χ4n) is 2.71. The molecule has 0 saturated heterocycles. The van der Waals surface area contributed by atoms with Gasteiger partial charge in [0.2, 0.25) is 0 Å². The smallest absolute Gasteiger partial charge is 0.159 e. The van der Waals surface area contributed by atoms with Gasteiger partial charge in [0.15, 0.2) is 5.78 Å². The van der Waals surface area contributed by atoms with Crippen LogP contribution in [0.25, 0.3) is 5.76 Å². The van der Waals surface area contributed by atoms with E-state index in [2.05, 4.69) is 6.07 Å². The quantitative estimate of drug-likeness (QED) is 0.839. The third-order valence-corrected chi connectivity index (χ3v) is 3.81. The minimum absolute atomic E-state index is 0.112. The first-order valence-electron chi connectivity index (χ1n) is 8.00. The van der Waals surface area contributed by atoms with E-state index in [1.807, 2.05) is 49.4 Å². The van der Waals surface area contributed by atoms with Crippen molar-refractivity contribution in [2.75, 3.05) is 6.61 Å². The largest absolute Gasteiger partial charge is 0.494 e. The van der Waals surface area contributed by atoms with Crippen molar-refractivity contribution < 1.29 is 14.3 Å². The first-order chi connectivity index (χ1) is 11.3. The standard InChI is InChI=1S/C20H20O3/c1-2-22-17-10-12-18(13-11-17)23-20-14-16(21)8-5-7-15-6-3-4-9-19(15)20/h3-4,6,9-14H,2,5,7-8H2,1H3. The molecule has 2 aromatic rings. The maximum Gasteiger partial charge on any atom is 0.159 e. The van der Waals surface area contributed by atoms with Crippen molar-refractivity contribution in [3.63, 3.8) is 0 Å². The monoisotopic (exact) mass is 308 g/mol. The molecule has 0 aromatic heterocycles. The third-order valence-electron chi connectivity index (χ3n) is 3.81. The van der Waals surface area contributed by atoms with Gasteiger partial charge >= 0.3 is 0 Å². The van der Waals surface area contributed by atoms with E-state index in [0.29, 0.717) is 24.5 Å². The van der Waals surface area contributed by atoms with Crippen molar-refractivity contribution in [1.82, 2.24) is 0 Å². The highest BCUT2D eigenvalue weighted by molar-refractivity contribution is 5.96. The van der Waals surface area contributed by atoms with E-state index in [0.717, 1.165) is 24.2 Å². The summed E-state index contributed by atoms with van der Waals surface area (Å²) in [6.45, 7) is 2.58. The fraction of sp³-hybridized carbons (Fsp3) is 0.250. The molecule has 0 N–H and O–H groups in total. The molecule has 0 heterocycles. The minimum atomic E-state index is 0.112. The summed E-state index contributed by atoms with van der Waals surface area (Å²) in [6.07, 6.45) is 3.95. The maximum atomic E-state index is 12.0. The molecule has 0 bridgehead atoms. The van der Waals surface area contributed by atoms with Gasteiger partial charge in [0.05, 0.1) is 6.61 Å². The molecule has 3 rings (SSSR count). The average Bonchev–Trinajstić information content (AvgIpc) is 2.55. The average molecular weight is 308 g/mol. The molecule has 23 heavy (non-hydrogen) atoms. The molecule has 0 saturated carbocycles. The maximum absolute atomic E-state index is 12.0. The lowest BCUT2D eigenvalue weighted by atomic mass is 9.96. The van der Waals surface area contributed by atoms with Crippen LogP contribution in [0.5, 0.6) is 11.5 Å². The second-order valence-electron chi connectivity index (χ2n) is 5.49. The van der Waals surface area contributed by atoms with Crippen molar-refractivity contribution in [3.05, 3.63) is 65.7 Å². The number of ketones is 1. The number of hydrogen-bond acceptors (Lipinski definition) is 3. The third kappa shape index (κ3) is 3.81. The van der Waals surface area contributed by atoms with Crippen LogP contribution in [-0.4, -0.2) is 12.4 Å². The molecular formula is C20H20O3. The lowest BCUT2D eigenvalue weighted by Gasteiger charge is -2.16. The lowest BCUT2D eigenvalue weighted by Crippen LogP contribution is -2.07. The van der Waals surface area contributed by atoms with Crippen LogP contribution < -0.4 is 9.47 Å². The molecule has 0 fully saturated rings. The Kier molecular flexibility index (Phi) is 4.77. The molecule has 1 aliphatic rings. The van der Waals surface area contributed by atoms with Gasteiger partial charge in [-0.15, -0.1) is 0 Å². The van der Waals surface area contributed by atoms with Crippen molar-refractivity contribution >= 4 is 11.5 Å². The minimum Gasteiger partial charge on any atom is -0.494 e. The summed E-state index contributed by atoms with van der Waals surface area (Å²) in [4.78, 5) is 12.0. The molecule has 0 radical (unpaired) electrons. The van der Waals surface area contributed by atoms with Gasteiger partial charge in [-0.1, -0.05) is 24.3 Å². The Balaban J connectivity index is 1.89. The number of carbonyl (C=O) groups is 1. The number of aryl methyl sites for hydroxylation is 1. The number of ether oxygens (including phenoxy) is 2. The molecule has 0 spiro atoms. The topological polar surface area (TPSA) is 35.5 Å². The van der Waals surface area contributed by atoms with E-state index in [-0.39, 0.29) is 5.78 Å². The van der Waals surface area contributed by atoms with E-state index in [1.54, 1.807) is 6.08 Å². The van der Waals surface area contributed by atoms with E-state index >= 15 is 0 Å². The van der Waals surface area contributed by atoms with Crippen molar-refractivity contribution in [2.24, 2.45) is 0 Å². The summed E-state index contributed by atoms with van der Waals surface area (Å²) in [7, 11) is 0. The molecule has 118 valence electrons. The Labute approximate surface area is 136 Å². The van der Waals surface area contributed by atoms with Gasteiger partial charge in [0.25, 0.3) is 0 Å². The van der Waals surface area contributed by atoms with Crippen LogP contribution in [0.1, 0.15) is 30.9 Å². The Hall–Kier alpha value is -2.55. The Bertz CT molecular complexity index is 714. The van der Waals surface area contributed by atoms with E-state index < -0.39 is 0 Å². The van der Waals surface area contributed by atoms with Gasteiger partial charge in [-0.05, 0) is 49.6 Å². The highest BCUT2D eigenvalue weighted by atomic mass is 16.5. The Morgan fingerprint density at radius 1 is 0.957 bits per heavy atom. The number of allylic oxidation sites excluding steroid dienone is 1. The first kappa shape index (κ1) is 15.3. The second-order valence-corrected chi connectivity index (χ2v) is 5.49. The zero-order valence-corrected chi connectivity index (χ0v) is 13.2. The Morgan fingerprint density at radius 3 is 2.48 bits per heavy atom. The highest BCUT2D eigenvalue weighted by Gasteiger charge is 2.15. The zero-order chi connectivity index (χ0) is 16.1. The number of benzene rings is 2. The number of fused-ring (bicyclic) bond motifs is 1. The highest BCUT2D eigenvalue weighted by Crippen LogP contribution is 2.28. The van der Waals surface area contributed by atoms with Crippen molar-refractivity contribution in [2.45, 2.75) is 26.2 Å². The van der Waals surface area contributed by atoms with Crippen LogP contribution in [0, 0.1) is 0 Å². The van der Waals surface area contributed by atoms with Gasteiger partial charge < -0.3 is 9.47 Å². The van der Waals surface area contributed by atoms with E-state index in [9.17, 15) is 4.79 Å². The van der Waals surface area contributed by atoms with E-state index in [4.69, 9.17) is 9.47 Å². The normalized spacial score (nSPS) is 14.3. The van der Waals surface area contributed by atoms with Crippen LogP contribution in [0.4, 0.5) is 0 Å². The van der Waals surface area contributed by atoms with Gasteiger partial charge in [-0.3, -0.25) is 4.79 Å². The van der Waals surface area contributed by atoms with Gasteiger partial charge in [-0.2, -0.15) is 0 Å². The summed E-state index contributed by atoms with van der Waals surface area (Å²) in [5.74, 6) is 2.24. The molecule has 3 heteroatoms. The fourth-order valence-corrected chi connectivity index (χ4v) is 2.71. The molecule has 0 atom stereocenters. The molecule has 0 aliphatic heterocycles. The zero-order valence-electron chi connectivity index (χ0n) is 13.2. The summed E-state index contributed by atoms with van der Waals surface area (Å²) < 4.78 is 11.4. The number of hydrogen-bond donors (Lipinski definition) is 0. The predicted octanol–water partition coefficient (Wildman–Crippen LogP) is 4.41. The van der Waals surface area contributed by atoms with Crippen molar-refractivity contribution in [3.8, 4) is 11.5 Å². The van der Waals surface area contributed by atoms with Crippen LogP contribution in [-0.2, 0) is 11.2 Å². The number of carbonyl (C=O) groups excluding carboxylic acids is 1. The molecule has 3 nitrogen and oxygen atoms in total.